The van der Waals surface area contributed by atoms with Crippen molar-refractivity contribution in [2.24, 2.45) is 0 Å². The van der Waals surface area contributed by atoms with E-state index < -0.39 is 62.8 Å². The number of hydrogen-bond acceptors (Lipinski definition) is 9. The molecule has 14 nitrogen and oxygen atoms in total. The van der Waals surface area contributed by atoms with Gasteiger partial charge in [0.2, 0.25) is 5.69 Å². The molecule has 0 amide bonds. The Hall–Kier alpha value is -2.60. The SMILES string of the molecule is CC1(C)C(/C=C/C2=C(Cl)C(=C/C=C3/N(CCCS(=O)(=O)O)c4ccc5cc(S(=O)(=O)O)ccc5c4C3(C)C)/CC2)=[N+](CCCS(=O)(=O)O)c2ccc3cc(S(=O)(=O)O)ccc3c21.[K+]. The van der Waals surface area contributed by atoms with Gasteiger partial charge in [-0.3, -0.25) is 18.2 Å². The molecule has 0 bridgehead atoms. The molecule has 0 radical (unpaired) electrons. The van der Waals surface area contributed by atoms with Gasteiger partial charge >= 0.3 is 51.4 Å². The third-order valence-corrected chi connectivity index (χ3v) is 15.7. The van der Waals surface area contributed by atoms with Crippen LogP contribution in [-0.2, 0) is 51.3 Å². The Morgan fingerprint density at radius 2 is 1.24 bits per heavy atom. The van der Waals surface area contributed by atoms with Gasteiger partial charge in [-0.05, 0) is 114 Å². The predicted molar refractivity (Wildman–Crippen MR) is 240 cm³/mol. The summed E-state index contributed by atoms with van der Waals surface area (Å²) in [5.74, 6) is -0.902. The van der Waals surface area contributed by atoms with Crippen molar-refractivity contribution in [1.82, 2.24) is 0 Å². The van der Waals surface area contributed by atoms with Gasteiger partial charge in [-0.1, -0.05) is 55.8 Å². The molecule has 2 heterocycles. The number of halogens is 1. The van der Waals surface area contributed by atoms with Crippen molar-refractivity contribution in [3.05, 3.63) is 118 Å². The largest absolute Gasteiger partial charge is 1.00 e. The van der Waals surface area contributed by atoms with Crippen molar-refractivity contribution < 1.29 is 108 Å². The van der Waals surface area contributed by atoms with Crippen LogP contribution in [0.25, 0.3) is 21.5 Å². The van der Waals surface area contributed by atoms with Gasteiger partial charge in [-0.2, -0.15) is 38.2 Å². The number of anilines is 1. The smallest absolute Gasteiger partial charge is 0.344 e. The Morgan fingerprint density at radius 3 is 1.81 bits per heavy atom. The van der Waals surface area contributed by atoms with E-state index >= 15 is 0 Å². The third kappa shape index (κ3) is 10.2. The van der Waals surface area contributed by atoms with Crippen molar-refractivity contribution in [3.8, 4) is 0 Å². The van der Waals surface area contributed by atoms with Crippen molar-refractivity contribution in [2.75, 3.05) is 29.5 Å². The number of rotatable bonds is 13. The summed E-state index contributed by atoms with van der Waals surface area (Å²) in [5.41, 5.74) is 5.25. The van der Waals surface area contributed by atoms with Gasteiger partial charge in [0.15, 0.2) is 5.71 Å². The minimum atomic E-state index is -4.45. The summed E-state index contributed by atoms with van der Waals surface area (Å²) in [4.78, 5) is 1.50. The molecule has 0 fully saturated rings. The minimum Gasteiger partial charge on any atom is -0.344 e. The average molecular weight is 986 g/mol. The Balaban J connectivity index is 0.00000661. The van der Waals surface area contributed by atoms with Gasteiger partial charge in [0.05, 0.1) is 26.7 Å². The molecule has 7 rings (SSSR count). The molecule has 0 saturated heterocycles. The van der Waals surface area contributed by atoms with Gasteiger partial charge in [0.25, 0.3) is 40.5 Å². The van der Waals surface area contributed by atoms with Crippen LogP contribution in [0.4, 0.5) is 11.4 Å². The van der Waals surface area contributed by atoms with Crippen molar-refractivity contribution in [2.45, 2.75) is 74.0 Å². The van der Waals surface area contributed by atoms with Gasteiger partial charge in [0.1, 0.15) is 6.54 Å². The molecule has 0 unspecified atom stereocenters. The zero-order chi connectivity index (χ0) is 45.4. The van der Waals surface area contributed by atoms with Gasteiger partial charge < -0.3 is 4.90 Å². The molecule has 0 atom stereocenters. The van der Waals surface area contributed by atoms with E-state index in [4.69, 9.17) is 11.6 Å². The quantitative estimate of drug-likeness (QED) is 0.0799. The fraction of sp³-hybridized carbons (Fsp3) is 0.326. The Morgan fingerprint density at radius 1 is 0.683 bits per heavy atom. The monoisotopic (exact) mass is 984 g/mol. The van der Waals surface area contributed by atoms with Crippen LogP contribution in [0, 0.1) is 0 Å². The van der Waals surface area contributed by atoms with Gasteiger partial charge in [0, 0.05) is 52.5 Å². The Kier molecular flexibility index (Phi) is 14.2. The molecule has 4 aromatic carbocycles. The molecule has 0 saturated carbocycles. The fourth-order valence-electron chi connectivity index (χ4n) is 9.12. The average Bonchev–Trinajstić information content (AvgIpc) is 3.69. The zero-order valence-corrected chi connectivity index (χ0v) is 42.3. The van der Waals surface area contributed by atoms with Crippen LogP contribution < -0.4 is 56.3 Å². The third-order valence-electron chi connectivity index (χ3n) is 11.9. The summed E-state index contributed by atoms with van der Waals surface area (Å²) in [6.07, 6.45) is 9.16. The van der Waals surface area contributed by atoms with Crippen LogP contribution in [0.15, 0.2) is 117 Å². The molecule has 4 N–H and O–H groups in total. The molecule has 3 aliphatic rings. The van der Waals surface area contributed by atoms with E-state index in [1.54, 1.807) is 24.3 Å². The van der Waals surface area contributed by atoms with Crippen LogP contribution in [0.1, 0.15) is 64.5 Å². The summed E-state index contributed by atoms with van der Waals surface area (Å²) in [5, 5.41) is 3.21. The van der Waals surface area contributed by atoms with Gasteiger partial charge in [-0.25, -0.2) is 0 Å². The second kappa shape index (κ2) is 17.9. The van der Waals surface area contributed by atoms with Crippen LogP contribution in [0.5, 0.6) is 0 Å². The normalized spacial score (nSPS) is 19.0. The Bertz CT molecular complexity index is 3210. The predicted octanol–water partition coefficient (Wildman–Crippen LogP) is 4.87. The summed E-state index contributed by atoms with van der Waals surface area (Å²) in [6.45, 7) is 8.51. The Labute approximate surface area is 415 Å². The zero-order valence-electron chi connectivity index (χ0n) is 35.2. The fourth-order valence-corrected chi connectivity index (χ4v) is 11.5. The van der Waals surface area contributed by atoms with Gasteiger partial charge in [-0.15, -0.1) is 0 Å². The molecule has 20 heteroatoms. The molecule has 0 aromatic heterocycles. The maximum absolute atomic E-state index is 11.9. The number of fused-ring (bicyclic) bond motifs is 6. The number of hydrogen-bond donors (Lipinski definition) is 4. The second-order valence-electron chi connectivity index (χ2n) is 16.8. The maximum Gasteiger partial charge on any atom is 1.00 e. The van der Waals surface area contributed by atoms with E-state index in [1.807, 2.05) is 73.6 Å². The minimum absolute atomic E-state index is 0. The second-order valence-corrected chi connectivity index (χ2v) is 23.1. The number of allylic oxidation sites excluding steroid dienone is 8. The first-order chi connectivity index (χ1) is 28.7. The van der Waals surface area contributed by atoms with Crippen molar-refractivity contribution >= 4 is 90.7 Å². The van der Waals surface area contributed by atoms with E-state index in [1.165, 1.54) is 24.3 Å². The molecule has 330 valence electrons. The van der Waals surface area contributed by atoms with E-state index in [2.05, 4.69) is 0 Å². The van der Waals surface area contributed by atoms with E-state index in [-0.39, 0.29) is 87.1 Å². The van der Waals surface area contributed by atoms with E-state index in [0.29, 0.717) is 28.6 Å². The molecule has 63 heavy (non-hydrogen) atoms. The molecule has 2 aliphatic heterocycles. The maximum atomic E-state index is 11.9. The van der Waals surface area contributed by atoms with Crippen LogP contribution in [0.3, 0.4) is 0 Å². The molecular formula is C43H46ClKN2O12S4+2. The van der Waals surface area contributed by atoms with E-state index in [0.717, 1.165) is 55.8 Å². The first-order valence-corrected chi connectivity index (χ1v) is 26.1. The molecule has 4 aromatic rings. The van der Waals surface area contributed by atoms with Crippen LogP contribution in [-0.4, -0.2) is 86.8 Å². The summed E-state index contributed by atoms with van der Waals surface area (Å²) >= 11 is 7.10. The summed E-state index contributed by atoms with van der Waals surface area (Å²) < 4.78 is 135. The van der Waals surface area contributed by atoms with Crippen molar-refractivity contribution in [3.63, 3.8) is 0 Å². The molecular weight excluding hydrogens is 939 g/mol. The standard InChI is InChI=1S/C43H45ClN2O12S4.K/c1-42(2)37(45(21-5-23-59(47,48)49)35-17-9-29-25-31(61(53,54)55)13-15-33(29)39(35)42)19-11-27-7-8-28(41(27)44)12-20-38-43(3,4)40-34-16-14-32(62(56,57)58)26-30(34)10-18-36(40)46(38)22-6-24-60(50,51)52;/h9-20,25-26H,5-8,21-24H2,1-4H3,(H3-,47,48,49,50,51,52,53,54,55,56,57,58);/q;+1/p+1. The summed E-state index contributed by atoms with van der Waals surface area (Å²) in [7, 11) is -17.4. The molecule has 1 aliphatic carbocycles. The van der Waals surface area contributed by atoms with E-state index in [9.17, 15) is 51.9 Å². The van der Waals surface area contributed by atoms with Crippen LogP contribution >= 0.6 is 11.6 Å². The number of benzene rings is 4. The topological polar surface area (TPSA) is 224 Å². The first-order valence-electron chi connectivity index (χ1n) is 19.6. The van der Waals surface area contributed by atoms with Crippen molar-refractivity contribution in [1.29, 1.82) is 0 Å². The van der Waals surface area contributed by atoms with Crippen LogP contribution in [0.2, 0.25) is 0 Å². The summed E-state index contributed by atoms with van der Waals surface area (Å²) in [6, 6.07) is 15.9. The number of nitrogens with zero attached hydrogens (tertiary/aromatic N) is 2. The molecule has 0 spiro atoms. The first kappa shape index (κ1) is 49.8.